The van der Waals surface area contributed by atoms with Gasteiger partial charge in [0.05, 0.1) is 34.3 Å². The molecule has 1 aliphatic heterocycles. The molecule has 2 atom stereocenters. The van der Waals surface area contributed by atoms with Gasteiger partial charge >= 0.3 is 6.03 Å². The van der Waals surface area contributed by atoms with Crippen LogP contribution in [0.25, 0.3) is 21.5 Å². The van der Waals surface area contributed by atoms with Crippen LogP contribution >= 0.6 is 11.3 Å². The SMILES string of the molecule is N[C@H]1CCC[C@H]1NC(=O)c1sc2nccc3c2c1NC(=O)N3c1cnnc(-c2ccccc2)c1. The van der Waals surface area contributed by atoms with Gasteiger partial charge in [0.1, 0.15) is 9.71 Å². The first-order valence-corrected chi connectivity index (χ1v) is 11.9. The Morgan fingerprint density at radius 3 is 2.85 bits per heavy atom. The molecule has 10 heteroatoms. The number of hydrogen-bond donors (Lipinski definition) is 3. The number of hydrogen-bond acceptors (Lipinski definition) is 7. The summed E-state index contributed by atoms with van der Waals surface area (Å²) in [6.07, 6.45) is 5.94. The third-order valence-electron chi connectivity index (χ3n) is 6.31. The number of aromatic nitrogens is 3. The highest BCUT2D eigenvalue weighted by Gasteiger charge is 2.34. The monoisotopic (exact) mass is 471 g/mol. The van der Waals surface area contributed by atoms with Crippen molar-refractivity contribution in [2.24, 2.45) is 5.73 Å². The number of thiophene rings is 1. The largest absolute Gasteiger partial charge is 0.347 e. The van der Waals surface area contributed by atoms with Crippen molar-refractivity contribution < 1.29 is 9.59 Å². The van der Waals surface area contributed by atoms with E-state index in [1.807, 2.05) is 36.4 Å². The first-order valence-electron chi connectivity index (χ1n) is 11.1. The molecule has 0 radical (unpaired) electrons. The number of carbonyl (C=O) groups excluding carboxylic acids is 2. The van der Waals surface area contributed by atoms with Gasteiger partial charge in [-0.2, -0.15) is 10.2 Å². The van der Waals surface area contributed by atoms with Gasteiger partial charge in [0.2, 0.25) is 0 Å². The van der Waals surface area contributed by atoms with Crippen LogP contribution in [-0.2, 0) is 0 Å². The maximum absolute atomic E-state index is 13.3. The molecule has 9 nitrogen and oxygen atoms in total. The average Bonchev–Trinajstić information content (AvgIpc) is 3.44. The van der Waals surface area contributed by atoms with Crippen LogP contribution in [0.2, 0.25) is 0 Å². The number of benzene rings is 1. The van der Waals surface area contributed by atoms with Gasteiger partial charge in [0, 0.05) is 23.8 Å². The highest BCUT2D eigenvalue weighted by atomic mass is 32.1. The van der Waals surface area contributed by atoms with Crippen LogP contribution in [0.15, 0.2) is 54.9 Å². The minimum atomic E-state index is -0.378. The quantitative estimate of drug-likeness (QED) is 0.412. The number of nitrogens with one attached hydrogen (secondary N) is 2. The lowest BCUT2D eigenvalue weighted by Gasteiger charge is -2.28. The predicted molar refractivity (Wildman–Crippen MR) is 131 cm³/mol. The number of urea groups is 1. The van der Waals surface area contributed by atoms with E-state index in [4.69, 9.17) is 5.73 Å². The molecular formula is C24H21N7O2S. The van der Waals surface area contributed by atoms with Crippen molar-refractivity contribution in [3.05, 3.63) is 59.7 Å². The van der Waals surface area contributed by atoms with E-state index in [0.29, 0.717) is 32.5 Å². The molecule has 34 heavy (non-hydrogen) atoms. The van der Waals surface area contributed by atoms with Crippen molar-refractivity contribution in [2.75, 3.05) is 10.2 Å². The maximum atomic E-state index is 13.3. The van der Waals surface area contributed by atoms with Crippen LogP contribution in [0.3, 0.4) is 0 Å². The number of nitrogens with two attached hydrogens (primary N) is 1. The Balaban J connectivity index is 1.41. The lowest BCUT2D eigenvalue weighted by molar-refractivity contribution is 0.0939. The Hall–Kier alpha value is -3.89. The molecule has 3 aromatic heterocycles. The smallest absolute Gasteiger partial charge is 0.331 e. The van der Waals surface area contributed by atoms with Gasteiger partial charge in [-0.05, 0) is 31.4 Å². The number of rotatable bonds is 4. The lowest BCUT2D eigenvalue weighted by Crippen LogP contribution is -2.44. The molecule has 1 aliphatic carbocycles. The van der Waals surface area contributed by atoms with Crippen molar-refractivity contribution >= 4 is 50.6 Å². The molecule has 0 bridgehead atoms. The average molecular weight is 472 g/mol. The van der Waals surface area contributed by atoms with Crippen molar-refractivity contribution in [3.63, 3.8) is 0 Å². The fourth-order valence-electron chi connectivity index (χ4n) is 4.63. The Kier molecular flexibility index (Phi) is 4.96. The summed E-state index contributed by atoms with van der Waals surface area (Å²) in [4.78, 5) is 33.5. The maximum Gasteiger partial charge on any atom is 0.331 e. The Morgan fingerprint density at radius 2 is 2.06 bits per heavy atom. The van der Waals surface area contributed by atoms with Gasteiger partial charge in [-0.25, -0.2) is 9.78 Å². The number of pyridine rings is 1. The molecule has 1 aromatic carbocycles. The molecule has 4 heterocycles. The first-order chi connectivity index (χ1) is 16.6. The molecule has 0 saturated heterocycles. The van der Waals surface area contributed by atoms with E-state index >= 15 is 0 Å². The van der Waals surface area contributed by atoms with Gasteiger partial charge in [0.25, 0.3) is 5.91 Å². The van der Waals surface area contributed by atoms with Crippen LogP contribution in [0, 0.1) is 0 Å². The number of nitrogens with zero attached hydrogens (tertiary/aromatic N) is 4. The molecule has 2 aliphatic rings. The molecule has 6 rings (SSSR count). The minimum Gasteiger partial charge on any atom is -0.347 e. The van der Waals surface area contributed by atoms with Crippen molar-refractivity contribution in [3.8, 4) is 11.3 Å². The minimum absolute atomic E-state index is 0.0496. The van der Waals surface area contributed by atoms with Crippen molar-refractivity contribution in [2.45, 2.75) is 31.3 Å². The van der Waals surface area contributed by atoms with E-state index in [0.717, 1.165) is 30.2 Å². The molecular weight excluding hydrogens is 450 g/mol. The number of anilines is 3. The summed E-state index contributed by atoms with van der Waals surface area (Å²) in [6.45, 7) is 0. The molecule has 3 amide bonds. The third kappa shape index (κ3) is 3.39. The second kappa shape index (κ2) is 8.15. The zero-order valence-corrected chi connectivity index (χ0v) is 18.9. The Morgan fingerprint density at radius 1 is 1.21 bits per heavy atom. The molecule has 0 spiro atoms. The van der Waals surface area contributed by atoms with Crippen LogP contribution < -0.4 is 21.3 Å². The van der Waals surface area contributed by atoms with E-state index in [1.54, 1.807) is 23.4 Å². The van der Waals surface area contributed by atoms with Gasteiger partial charge in [-0.1, -0.05) is 30.3 Å². The van der Waals surface area contributed by atoms with E-state index in [2.05, 4.69) is 25.8 Å². The number of amides is 3. The lowest BCUT2D eigenvalue weighted by atomic mass is 10.1. The highest BCUT2D eigenvalue weighted by molar-refractivity contribution is 7.21. The van der Waals surface area contributed by atoms with E-state index < -0.39 is 0 Å². The number of carbonyl (C=O) groups is 2. The summed E-state index contributed by atoms with van der Waals surface area (Å²) >= 11 is 1.26. The van der Waals surface area contributed by atoms with Crippen LogP contribution in [0.1, 0.15) is 28.9 Å². The van der Waals surface area contributed by atoms with Crippen molar-refractivity contribution in [1.29, 1.82) is 0 Å². The summed E-state index contributed by atoms with van der Waals surface area (Å²) < 4.78 is 0. The van der Waals surface area contributed by atoms with Crippen molar-refractivity contribution in [1.82, 2.24) is 20.5 Å². The third-order valence-corrected chi connectivity index (χ3v) is 7.40. The van der Waals surface area contributed by atoms with Gasteiger partial charge in [0.15, 0.2) is 0 Å². The summed E-state index contributed by atoms with van der Waals surface area (Å²) in [5.74, 6) is -0.239. The summed E-state index contributed by atoms with van der Waals surface area (Å²) in [7, 11) is 0. The Labute approximate surface area is 199 Å². The molecule has 0 unspecified atom stereocenters. The highest BCUT2D eigenvalue weighted by Crippen LogP contribution is 2.45. The second-order valence-electron chi connectivity index (χ2n) is 8.42. The normalized spacial score (nSPS) is 19.3. The van der Waals surface area contributed by atoms with Gasteiger partial charge in [-0.15, -0.1) is 11.3 Å². The van der Waals surface area contributed by atoms with Crippen LogP contribution in [-0.4, -0.2) is 39.2 Å². The standard InChI is InChI=1S/C24H21N7O2S/c25-15-7-4-8-16(15)28-22(32)21-20-19-18(9-10-26-23(19)34-21)31(24(33)29-20)14-11-17(30-27-12-14)13-5-2-1-3-6-13/h1-3,5-6,9-12,15-16H,4,7-8,25H2,(H,28,32)(H,29,33)/t15-,16+/m0/s1. The fraction of sp³-hybridized carbons (Fsp3) is 0.208. The zero-order valence-electron chi connectivity index (χ0n) is 18.1. The topological polar surface area (TPSA) is 126 Å². The zero-order chi connectivity index (χ0) is 23.2. The van der Waals surface area contributed by atoms with Gasteiger partial charge < -0.3 is 16.4 Å². The second-order valence-corrected chi connectivity index (χ2v) is 9.42. The molecule has 170 valence electrons. The molecule has 1 fully saturated rings. The molecule has 4 N–H and O–H groups in total. The van der Waals surface area contributed by atoms with Gasteiger partial charge in [-0.3, -0.25) is 9.69 Å². The van der Waals surface area contributed by atoms with Crippen LogP contribution in [0.5, 0.6) is 0 Å². The first kappa shape index (κ1) is 20.7. The van der Waals surface area contributed by atoms with Crippen LogP contribution in [0.4, 0.5) is 21.9 Å². The molecule has 1 saturated carbocycles. The summed E-state index contributed by atoms with van der Waals surface area (Å²) in [5.41, 5.74) is 9.38. The van der Waals surface area contributed by atoms with E-state index in [1.165, 1.54) is 11.3 Å². The Bertz CT molecular complexity index is 1420. The van der Waals surface area contributed by atoms with E-state index in [9.17, 15) is 9.59 Å². The summed E-state index contributed by atoms with van der Waals surface area (Å²) in [5, 5.41) is 15.0. The summed E-state index contributed by atoms with van der Waals surface area (Å²) in [6, 6.07) is 12.8. The predicted octanol–water partition coefficient (Wildman–Crippen LogP) is 4.05. The van der Waals surface area contributed by atoms with E-state index in [-0.39, 0.29) is 24.0 Å². The fourth-order valence-corrected chi connectivity index (χ4v) is 5.65. The molecule has 4 aromatic rings.